The molecule has 202 valence electrons. The fourth-order valence-electron chi connectivity index (χ4n) is 5.12. The first-order chi connectivity index (χ1) is 17.1. The zero-order valence-electron chi connectivity index (χ0n) is 22.0. The van der Waals surface area contributed by atoms with Gasteiger partial charge in [0.15, 0.2) is 5.75 Å². The van der Waals surface area contributed by atoms with Crippen LogP contribution < -0.4 is 20.4 Å². The van der Waals surface area contributed by atoms with Gasteiger partial charge in [0.05, 0.1) is 29.3 Å². The van der Waals surface area contributed by atoms with Crippen LogP contribution in [-0.2, 0) is 15.0 Å². The van der Waals surface area contributed by atoms with Gasteiger partial charge in [-0.05, 0) is 60.1 Å². The molecule has 0 spiro atoms. The minimum Gasteiger partial charge on any atom is -0.449 e. The van der Waals surface area contributed by atoms with Crippen LogP contribution in [0.4, 0.5) is 19.7 Å². The number of halogens is 1. The summed E-state index contributed by atoms with van der Waals surface area (Å²) < 4.78 is 33.4. The highest BCUT2D eigenvalue weighted by Crippen LogP contribution is 2.42. The molecule has 4 rings (SSSR count). The smallest absolute Gasteiger partial charge is 0.449 e. The van der Waals surface area contributed by atoms with Crippen LogP contribution >= 0.6 is 0 Å². The van der Waals surface area contributed by atoms with Gasteiger partial charge in [0.2, 0.25) is 5.43 Å². The number of alkyl carbamates (subject to hydrolysis) is 1. The molecule has 0 saturated carbocycles. The van der Waals surface area contributed by atoms with Crippen LogP contribution in [0, 0.1) is 11.7 Å². The minimum absolute atomic E-state index is 0.0203. The van der Waals surface area contributed by atoms with Gasteiger partial charge in [-0.1, -0.05) is 0 Å². The molecular weight excluding hydrogens is 485 g/mol. The zero-order chi connectivity index (χ0) is 27.3. The number of amides is 1. The van der Waals surface area contributed by atoms with Crippen molar-refractivity contribution in [1.82, 2.24) is 9.88 Å². The number of nitrogens with one attached hydrogen (secondary N) is 1. The predicted molar refractivity (Wildman–Crippen MR) is 135 cm³/mol. The van der Waals surface area contributed by atoms with Crippen molar-refractivity contribution in [2.75, 3.05) is 31.1 Å². The van der Waals surface area contributed by atoms with Gasteiger partial charge in [0, 0.05) is 31.2 Å². The molecule has 1 amide bonds. The van der Waals surface area contributed by atoms with Crippen LogP contribution in [0.2, 0.25) is 0 Å². The first-order valence-corrected chi connectivity index (χ1v) is 12.3. The van der Waals surface area contributed by atoms with E-state index >= 15 is 4.39 Å². The molecular formula is C26H34FN3O7. The highest BCUT2D eigenvalue weighted by atomic mass is 19.1. The van der Waals surface area contributed by atoms with Crippen molar-refractivity contribution < 1.29 is 33.3 Å². The summed E-state index contributed by atoms with van der Waals surface area (Å²) in [5.41, 5.74) is -1.85. The second-order valence-corrected chi connectivity index (χ2v) is 11.7. The second kappa shape index (κ2) is 9.20. The molecule has 10 nitrogen and oxygen atoms in total. The number of aromatic nitrogens is 1. The monoisotopic (exact) mass is 519 g/mol. The summed E-state index contributed by atoms with van der Waals surface area (Å²) >= 11 is 0. The molecule has 3 heterocycles. The summed E-state index contributed by atoms with van der Waals surface area (Å²) in [5.74, 6) is -0.945. The van der Waals surface area contributed by atoms with E-state index < -0.39 is 46.0 Å². The van der Waals surface area contributed by atoms with E-state index in [1.165, 1.54) is 6.20 Å². The van der Waals surface area contributed by atoms with Crippen molar-refractivity contribution in [2.45, 2.75) is 64.7 Å². The molecule has 2 N–H and O–H groups in total. The van der Waals surface area contributed by atoms with Crippen molar-refractivity contribution in [1.29, 1.82) is 0 Å². The second-order valence-electron chi connectivity index (χ2n) is 11.7. The molecule has 0 bridgehead atoms. The number of carboxylic acid groups (broad SMARTS) is 1. The van der Waals surface area contributed by atoms with Gasteiger partial charge in [0.1, 0.15) is 17.0 Å². The molecule has 2 aromatic rings. The van der Waals surface area contributed by atoms with Gasteiger partial charge < -0.3 is 34.1 Å². The fraction of sp³-hybridized carbons (Fsp3) is 0.577. The first kappa shape index (κ1) is 26.7. The molecule has 2 unspecified atom stereocenters. The molecule has 2 aliphatic rings. The van der Waals surface area contributed by atoms with Crippen molar-refractivity contribution in [3.05, 3.63) is 34.4 Å². The lowest BCUT2D eigenvalue weighted by Crippen LogP contribution is -2.49. The maximum atomic E-state index is 15.5. The predicted octanol–water partition coefficient (Wildman–Crippen LogP) is 4.07. The summed E-state index contributed by atoms with van der Waals surface area (Å²) in [7, 11) is 0. The lowest BCUT2D eigenvalue weighted by atomic mass is 9.91. The fourth-order valence-corrected chi connectivity index (χ4v) is 5.12. The average Bonchev–Trinajstić information content (AvgIpc) is 3.29. The van der Waals surface area contributed by atoms with Crippen molar-refractivity contribution in [3.8, 4) is 5.75 Å². The molecule has 1 aromatic heterocycles. The van der Waals surface area contributed by atoms with Gasteiger partial charge in [-0.2, -0.15) is 0 Å². The molecule has 2 atom stereocenters. The molecule has 37 heavy (non-hydrogen) atoms. The first-order valence-electron chi connectivity index (χ1n) is 12.3. The van der Waals surface area contributed by atoms with E-state index in [2.05, 4.69) is 10.1 Å². The number of pyridine rings is 1. The van der Waals surface area contributed by atoms with E-state index in [1.54, 1.807) is 31.4 Å². The number of rotatable bonds is 4. The maximum Gasteiger partial charge on any atom is 0.511 e. The highest BCUT2D eigenvalue weighted by Gasteiger charge is 2.51. The number of hydrogen-bond donors (Lipinski definition) is 2. The van der Waals surface area contributed by atoms with E-state index in [0.29, 0.717) is 30.9 Å². The molecule has 1 aromatic carbocycles. The topological polar surface area (TPSA) is 119 Å². The third kappa shape index (κ3) is 5.36. The minimum atomic E-state index is -1.62. The Bertz CT molecular complexity index is 1290. The number of anilines is 1. The number of ether oxygens (including phenoxy) is 3. The van der Waals surface area contributed by atoms with Gasteiger partial charge in [-0.3, -0.25) is 4.79 Å². The quantitative estimate of drug-likeness (QED) is 0.580. The van der Waals surface area contributed by atoms with Crippen LogP contribution in [0.25, 0.3) is 10.9 Å². The molecule has 2 aliphatic heterocycles. The highest BCUT2D eigenvalue weighted by molar-refractivity contribution is 5.85. The van der Waals surface area contributed by atoms with Gasteiger partial charge in [-0.15, -0.1) is 0 Å². The number of nitrogens with zero attached hydrogens (tertiary/aromatic N) is 2. The van der Waals surface area contributed by atoms with Gasteiger partial charge in [0.25, 0.3) is 0 Å². The maximum absolute atomic E-state index is 15.5. The molecule has 0 radical (unpaired) electrons. The third-order valence-electron chi connectivity index (χ3n) is 6.73. The van der Waals surface area contributed by atoms with Crippen LogP contribution in [0.1, 0.15) is 48.0 Å². The van der Waals surface area contributed by atoms with Crippen molar-refractivity contribution in [2.24, 2.45) is 5.92 Å². The van der Waals surface area contributed by atoms with Crippen molar-refractivity contribution >= 4 is 28.8 Å². The Kier molecular flexibility index (Phi) is 6.64. The SMILES string of the molecule is CC(C)(C)OC(=O)NCC12CN(c3cc4c(cc3F)c(=O)c(OC(=O)O)cn4C(C)(C)C)CC1CCO2. The molecule has 11 heteroatoms. The Balaban J connectivity index is 1.69. The summed E-state index contributed by atoms with van der Waals surface area (Å²) in [6, 6.07) is 2.74. The zero-order valence-corrected chi connectivity index (χ0v) is 22.0. The number of carbonyl (C=O) groups excluding carboxylic acids is 1. The summed E-state index contributed by atoms with van der Waals surface area (Å²) in [6.45, 7) is 12.6. The van der Waals surface area contributed by atoms with Crippen LogP contribution in [0.5, 0.6) is 5.75 Å². The Morgan fingerprint density at radius 1 is 1.24 bits per heavy atom. The van der Waals surface area contributed by atoms with Crippen LogP contribution in [0.3, 0.4) is 0 Å². The number of hydrogen-bond acceptors (Lipinski definition) is 7. The molecule has 2 fully saturated rings. The number of fused-ring (bicyclic) bond motifs is 2. The van der Waals surface area contributed by atoms with E-state index in [0.717, 1.165) is 12.5 Å². The van der Waals surface area contributed by atoms with Crippen LogP contribution in [-0.4, -0.2) is 59.4 Å². The Labute approximate surface area is 214 Å². The van der Waals surface area contributed by atoms with E-state index in [4.69, 9.17) is 14.6 Å². The average molecular weight is 520 g/mol. The standard InChI is InChI=1S/C26H34FN3O7/c1-24(2,3)30-12-20(36-23(33)34)21(31)16-9-17(27)19(10-18(16)30)29-11-15-7-8-35-26(15,14-29)13-28-22(32)37-25(4,5)6/h9-10,12,15H,7-8,11,13-14H2,1-6H3,(H,28,32)(H,33,34). The number of carbonyl (C=O) groups is 2. The van der Waals surface area contributed by atoms with Crippen LogP contribution in [0.15, 0.2) is 23.1 Å². The van der Waals surface area contributed by atoms with E-state index in [1.807, 2.05) is 25.7 Å². The number of benzene rings is 1. The Morgan fingerprint density at radius 3 is 2.57 bits per heavy atom. The summed E-state index contributed by atoms with van der Waals surface area (Å²) in [5, 5.41) is 11.9. The summed E-state index contributed by atoms with van der Waals surface area (Å²) in [6.07, 6.45) is -0.0540. The molecule has 2 saturated heterocycles. The summed E-state index contributed by atoms with van der Waals surface area (Å²) in [4.78, 5) is 38.2. The third-order valence-corrected chi connectivity index (χ3v) is 6.73. The van der Waals surface area contributed by atoms with Gasteiger partial charge in [-0.25, -0.2) is 14.0 Å². The Morgan fingerprint density at radius 2 is 1.95 bits per heavy atom. The van der Waals surface area contributed by atoms with E-state index in [9.17, 15) is 14.4 Å². The van der Waals surface area contributed by atoms with E-state index in [-0.39, 0.29) is 17.8 Å². The normalized spacial score (nSPS) is 21.7. The Hall–Kier alpha value is -3.34. The largest absolute Gasteiger partial charge is 0.511 e. The molecule has 0 aliphatic carbocycles. The lowest BCUT2D eigenvalue weighted by Gasteiger charge is -2.30. The van der Waals surface area contributed by atoms with Gasteiger partial charge >= 0.3 is 12.2 Å². The lowest BCUT2D eigenvalue weighted by molar-refractivity contribution is -0.000269. The van der Waals surface area contributed by atoms with Crippen molar-refractivity contribution in [3.63, 3.8) is 0 Å².